The molecule has 0 aliphatic carbocycles. The van der Waals surface area contributed by atoms with Gasteiger partial charge in [0.25, 0.3) is 0 Å². The molecule has 0 atom stereocenters. The van der Waals surface area contributed by atoms with Crippen molar-refractivity contribution in [3.05, 3.63) is 59.7 Å². The monoisotopic (exact) mass is 324 g/mol. The molecule has 0 spiro atoms. The van der Waals surface area contributed by atoms with E-state index in [4.69, 9.17) is 0 Å². The number of hydrogen-bond donors (Lipinski definition) is 1. The third-order valence-corrected chi connectivity index (χ3v) is 7.05. The highest BCUT2D eigenvalue weighted by Gasteiger charge is 2.18. The predicted octanol–water partition coefficient (Wildman–Crippen LogP) is 3.38. The van der Waals surface area contributed by atoms with Crippen molar-refractivity contribution in [1.82, 2.24) is 10.2 Å². The van der Waals surface area contributed by atoms with E-state index in [1.165, 1.54) is 47.0 Å². The van der Waals surface area contributed by atoms with Crippen molar-refractivity contribution in [3.63, 3.8) is 0 Å². The molecule has 0 saturated carbocycles. The number of rotatable bonds is 3. The minimum absolute atomic E-state index is 0.134. The molecular formula is C20H24N2S. The highest BCUT2D eigenvalue weighted by molar-refractivity contribution is 8.15. The quantitative estimate of drug-likeness (QED) is 0.743. The van der Waals surface area contributed by atoms with Gasteiger partial charge in [0, 0.05) is 42.5 Å². The van der Waals surface area contributed by atoms with Gasteiger partial charge in [-0.1, -0.05) is 41.8 Å². The molecule has 0 amide bonds. The molecule has 2 aromatic carbocycles. The molecule has 0 unspecified atom stereocenters. The number of nitrogens with one attached hydrogen (secondary N) is 1. The van der Waals surface area contributed by atoms with Crippen LogP contribution in [0.3, 0.4) is 0 Å². The molecule has 1 N–H and O–H groups in total. The Balaban J connectivity index is 1.60. The number of hydrogen-bond acceptors (Lipinski definition) is 2. The molecule has 0 bridgehead atoms. The topological polar surface area (TPSA) is 15.3 Å². The van der Waals surface area contributed by atoms with E-state index in [1.54, 1.807) is 0 Å². The van der Waals surface area contributed by atoms with Crippen molar-refractivity contribution >= 4 is 15.9 Å². The van der Waals surface area contributed by atoms with Crippen molar-refractivity contribution < 1.29 is 0 Å². The molecule has 0 radical (unpaired) electrons. The third-order valence-electron chi connectivity index (χ3n) is 4.74. The van der Waals surface area contributed by atoms with Crippen LogP contribution in [0.25, 0.3) is 0 Å². The van der Waals surface area contributed by atoms with Gasteiger partial charge in [0.15, 0.2) is 0 Å². The Kier molecular flexibility index (Phi) is 4.60. The van der Waals surface area contributed by atoms with Crippen LogP contribution >= 0.6 is 10.5 Å². The zero-order valence-corrected chi connectivity index (χ0v) is 14.3. The van der Waals surface area contributed by atoms with E-state index < -0.39 is 0 Å². The molecular weight excluding hydrogens is 300 g/mol. The van der Waals surface area contributed by atoms with E-state index in [-0.39, 0.29) is 10.5 Å². The maximum atomic E-state index is 3.43. The first-order valence-corrected chi connectivity index (χ1v) is 9.86. The first kappa shape index (κ1) is 15.1. The highest BCUT2D eigenvalue weighted by Crippen LogP contribution is 2.44. The maximum Gasteiger partial charge on any atom is 0.0107 e. The number of fused-ring (bicyclic) bond motifs is 2. The maximum absolute atomic E-state index is 3.43. The van der Waals surface area contributed by atoms with Crippen LogP contribution in [0.1, 0.15) is 17.5 Å². The van der Waals surface area contributed by atoms with Crippen molar-refractivity contribution in [3.8, 4) is 0 Å². The minimum atomic E-state index is 0.134. The Morgan fingerprint density at radius 3 is 2.17 bits per heavy atom. The van der Waals surface area contributed by atoms with Gasteiger partial charge < -0.3 is 10.2 Å². The first-order valence-electron chi connectivity index (χ1n) is 8.57. The second-order valence-electron chi connectivity index (χ2n) is 6.28. The van der Waals surface area contributed by atoms with Crippen molar-refractivity contribution in [2.45, 2.75) is 22.6 Å². The molecule has 1 saturated heterocycles. The van der Waals surface area contributed by atoms with Crippen LogP contribution in [0.4, 0.5) is 0 Å². The van der Waals surface area contributed by atoms with Crippen LogP contribution in [-0.2, 0) is 6.42 Å². The Bertz CT molecular complexity index is 670. The average molecular weight is 324 g/mol. The Labute approximate surface area is 141 Å². The molecule has 3 heteroatoms. The molecule has 2 aromatic rings. The van der Waals surface area contributed by atoms with Gasteiger partial charge in [0.2, 0.25) is 0 Å². The van der Waals surface area contributed by atoms with Crippen molar-refractivity contribution in [1.29, 1.82) is 0 Å². The molecule has 2 aliphatic heterocycles. The van der Waals surface area contributed by atoms with E-state index in [0.29, 0.717) is 0 Å². The van der Waals surface area contributed by atoms with E-state index >= 15 is 0 Å². The molecule has 120 valence electrons. The van der Waals surface area contributed by atoms with E-state index in [0.717, 1.165) is 19.5 Å². The number of benzene rings is 2. The Morgan fingerprint density at radius 2 is 1.52 bits per heavy atom. The summed E-state index contributed by atoms with van der Waals surface area (Å²) in [5.74, 6) is 0. The first-order chi connectivity index (χ1) is 11.4. The van der Waals surface area contributed by atoms with Crippen LogP contribution in [0.2, 0.25) is 0 Å². The molecule has 23 heavy (non-hydrogen) atoms. The van der Waals surface area contributed by atoms with Crippen molar-refractivity contribution in [2.75, 3.05) is 32.7 Å². The van der Waals surface area contributed by atoms with Gasteiger partial charge in [-0.3, -0.25) is 0 Å². The van der Waals surface area contributed by atoms with Crippen molar-refractivity contribution in [2.24, 2.45) is 0 Å². The fourth-order valence-corrected chi connectivity index (χ4v) is 5.75. The summed E-state index contributed by atoms with van der Waals surface area (Å²) in [5, 5.41) is 6.00. The zero-order valence-electron chi connectivity index (χ0n) is 13.5. The predicted molar refractivity (Wildman–Crippen MR) is 99.8 cm³/mol. The molecule has 1 fully saturated rings. The second-order valence-corrected chi connectivity index (χ2v) is 8.17. The summed E-state index contributed by atoms with van der Waals surface area (Å²) in [7, 11) is 0.134. The summed E-state index contributed by atoms with van der Waals surface area (Å²) < 4.78 is 0. The van der Waals surface area contributed by atoms with Crippen LogP contribution in [0.5, 0.6) is 0 Å². The normalized spacial score (nSPS) is 18.3. The van der Waals surface area contributed by atoms with Crippen LogP contribution in [0, 0.1) is 0 Å². The van der Waals surface area contributed by atoms with Gasteiger partial charge in [-0.25, -0.2) is 0 Å². The number of nitrogens with zero attached hydrogens (tertiary/aromatic N) is 1. The smallest absolute Gasteiger partial charge is 0.0107 e. The Hall–Kier alpha value is -1.42. The van der Waals surface area contributed by atoms with Crippen LogP contribution in [-0.4, -0.2) is 43.0 Å². The lowest BCUT2D eigenvalue weighted by molar-refractivity contribution is 0.248. The summed E-state index contributed by atoms with van der Waals surface area (Å²) in [6.07, 6.45) is 2.26. The molecule has 0 aromatic heterocycles. The lowest BCUT2D eigenvalue weighted by Crippen LogP contribution is -2.43. The SMILES string of the molecule is C(CCN1CCNCC1)=S1c2ccccc2Cc2ccccc21. The van der Waals surface area contributed by atoms with Crippen LogP contribution in [0.15, 0.2) is 58.3 Å². The summed E-state index contributed by atoms with van der Waals surface area (Å²) in [6, 6.07) is 18.0. The summed E-state index contributed by atoms with van der Waals surface area (Å²) in [4.78, 5) is 5.65. The van der Waals surface area contributed by atoms with Gasteiger partial charge in [-0.05, 0) is 36.1 Å². The van der Waals surface area contributed by atoms with Crippen LogP contribution < -0.4 is 5.32 Å². The summed E-state index contributed by atoms with van der Waals surface area (Å²) in [6.45, 7) is 5.84. The standard InChI is InChI=1S/C20H24N2S/c1-3-8-19-17(6-1)16-18-7-2-4-9-20(18)23(19)15-5-12-22-13-10-21-11-14-22/h1-4,6-9,15,21H,5,10-14,16H2. The lowest BCUT2D eigenvalue weighted by atomic mass is 10.0. The van der Waals surface area contributed by atoms with E-state index in [9.17, 15) is 0 Å². The molecule has 2 aliphatic rings. The average Bonchev–Trinajstić information content (AvgIpc) is 2.62. The van der Waals surface area contributed by atoms with E-state index in [2.05, 4.69) is 64.1 Å². The van der Waals surface area contributed by atoms with Gasteiger partial charge in [0.05, 0.1) is 0 Å². The van der Waals surface area contributed by atoms with Gasteiger partial charge >= 0.3 is 0 Å². The molecule has 4 rings (SSSR count). The molecule has 2 nitrogen and oxygen atoms in total. The zero-order chi connectivity index (χ0) is 15.5. The number of piperazine rings is 1. The van der Waals surface area contributed by atoms with Gasteiger partial charge in [-0.2, -0.15) is 0 Å². The lowest BCUT2D eigenvalue weighted by Gasteiger charge is -2.27. The fourth-order valence-electron chi connectivity index (χ4n) is 3.52. The summed E-state index contributed by atoms with van der Waals surface area (Å²) >= 11 is 0. The minimum Gasteiger partial charge on any atom is -0.314 e. The largest absolute Gasteiger partial charge is 0.314 e. The third kappa shape index (κ3) is 3.27. The highest BCUT2D eigenvalue weighted by atomic mass is 32.2. The fraction of sp³-hybridized carbons (Fsp3) is 0.350. The Morgan fingerprint density at radius 1 is 0.913 bits per heavy atom. The van der Waals surface area contributed by atoms with E-state index in [1.807, 2.05) is 0 Å². The second kappa shape index (κ2) is 7.00. The van der Waals surface area contributed by atoms with Gasteiger partial charge in [0.1, 0.15) is 0 Å². The van der Waals surface area contributed by atoms with Gasteiger partial charge in [-0.15, -0.1) is 10.5 Å². The summed E-state index contributed by atoms with van der Waals surface area (Å²) in [5.41, 5.74) is 3.01. The molecule has 2 heterocycles.